The molecule has 0 amide bonds. The summed E-state index contributed by atoms with van der Waals surface area (Å²) in [6.07, 6.45) is 5.21. The summed E-state index contributed by atoms with van der Waals surface area (Å²) in [4.78, 5) is 18.5. The van der Waals surface area contributed by atoms with Crippen LogP contribution in [-0.2, 0) is 9.53 Å². The lowest BCUT2D eigenvalue weighted by Crippen LogP contribution is -2.37. The van der Waals surface area contributed by atoms with Crippen LogP contribution in [0.2, 0.25) is 10.0 Å². The van der Waals surface area contributed by atoms with Crippen molar-refractivity contribution in [3.63, 3.8) is 0 Å². The first-order valence-corrected chi connectivity index (χ1v) is 9.16. The number of benzene rings is 1. The van der Waals surface area contributed by atoms with Crippen LogP contribution in [0.25, 0.3) is 11.1 Å². The van der Waals surface area contributed by atoms with Gasteiger partial charge in [-0.2, -0.15) is 0 Å². The molecule has 0 N–H and O–H groups in total. The topological polar surface area (TPSA) is 42.4 Å². The van der Waals surface area contributed by atoms with E-state index in [1.54, 1.807) is 12.3 Å². The third-order valence-corrected chi connectivity index (χ3v) is 5.29. The molecule has 0 bridgehead atoms. The molecule has 0 spiro atoms. The summed E-state index contributed by atoms with van der Waals surface area (Å²) < 4.78 is 5.13. The van der Waals surface area contributed by atoms with Gasteiger partial charge in [-0.15, -0.1) is 0 Å². The molecule has 1 aliphatic rings. The number of anilines is 1. The Kier molecular flexibility index (Phi) is 5.82. The number of ether oxygens (including phenoxy) is 1. The molecule has 6 heteroatoms. The molecule has 2 aromatic rings. The van der Waals surface area contributed by atoms with E-state index in [2.05, 4.69) is 16.0 Å². The van der Waals surface area contributed by atoms with Gasteiger partial charge in [0.15, 0.2) is 0 Å². The normalized spacial score (nSPS) is 15.2. The summed E-state index contributed by atoms with van der Waals surface area (Å²) in [5.41, 5.74) is 2.82. The van der Waals surface area contributed by atoms with Crippen LogP contribution >= 0.6 is 23.2 Å². The molecule has 0 aliphatic carbocycles. The highest BCUT2D eigenvalue weighted by Crippen LogP contribution is 2.35. The van der Waals surface area contributed by atoms with Crippen molar-refractivity contribution in [2.75, 3.05) is 24.6 Å². The van der Waals surface area contributed by atoms with Crippen LogP contribution in [0.5, 0.6) is 0 Å². The zero-order valence-corrected chi connectivity index (χ0v) is 15.6. The van der Waals surface area contributed by atoms with Gasteiger partial charge >= 0.3 is 5.97 Å². The van der Waals surface area contributed by atoms with Gasteiger partial charge in [0.2, 0.25) is 0 Å². The van der Waals surface area contributed by atoms with Crippen LogP contribution in [0, 0.1) is 5.92 Å². The number of aromatic nitrogens is 1. The van der Waals surface area contributed by atoms with Crippen molar-refractivity contribution < 1.29 is 9.53 Å². The Morgan fingerprint density at radius 2 is 2.04 bits per heavy atom. The van der Waals surface area contributed by atoms with Crippen molar-refractivity contribution in [1.82, 2.24) is 4.98 Å². The second-order valence-corrected chi connectivity index (χ2v) is 6.83. The second kappa shape index (κ2) is 8.07. The molecule has 0 saturated carbocycles. The molecular weight excluding hydrogens is 359 g/mol. The summed E-state index contributed by atoms with van der Waals surface area (Å²) in [7, 11) is 0. The Morgan fingerprint density at radius 3 is 2.76 bits per heavy atom. The van der Waals surface area contributed by atoms with E-state index in [1.165, 1.54) is 0 Å². The number of nitrogens with zero attached hydrogens (tertiary/aromatic N) is 2. The van der Waals surface area contributed by atoms with Crippen LogP contribution in [0.15, 0.2) is 36.7 Å². The summed E-state index contributed by atoms with van der Waals surface area (Å²) in [6, 6.07) is 7.64. The van der Waals surface area contributed by atoms with Crippen molar-refractivity contribution in [2.45, 2.75) is 19.8 Å². The number of piperidine rings is 1. The lowest BCUT2D eigenvalue weighted by atomic mass is 9.96. The number of hydrogen-bond donors (Lipinski definition) is 0. The molecule has 25 heavy (non-hydrogen) atoms. The predicted octanol–water partition coefficient (Wildman–Crippen LogP) is 4.83. The van der Waals surface area contributed by atoms with Gasteiger partial charge < -0.3 is 9.64 Å². The lowest BCUT2D eigenvalue weighted by Gasteiger charge is -2.32. The highest BCUT2D eigenvalue weighted by Gasteiger charge is 2.26. The largest absolute Gasteiger partial charge is 0.466 e. The van der Waals surface area contributed by atoms with Crippen molar-refractivity contribution in [3.8, 4) is 11.1 Å². The standard InChI is InChI=1S/C19H20Cl2N2O2/c1-2-25-19(24)13-6-8-23(9-7-13)15-10-14(11-22-12-15)16-4-3-5-17(20)18(16)21/h3-5,10-13H,2,6-9H2,1H3. The van der Waals surface area contributed by atoms with Crippen molar-refractivity contribution in [2.24, 2.45) is 5.92 Å². The summed E-state index contributed by atoms with van der Waals surface area (Å²) >= 11 is 12.4. The molecule has 1 aliphatic heterocycles. The fourth-order valence-corrected chi connectivity index (χ4v) is 3.52. The molecule has 0 unspecified atom stereocenters. The minimum absolute atomic E-state index is 0.00489. The Bertz CT molecular complexity index is 759. The van der Waals surface area contributed by atoms with Gasteiger partial charge in [0.1, 0.15) is 0 Å². The molecule has 0 atom stereocenters. The number of carbonyl (C=O) groups excluding carboxylic acids is 1. The number of halogens is 2. The van der Waals surface area contributed by atoms with Gasteiger partial charge in [0.25, 0.3) is 0 Å². The number of rotatable bonds is 4. The Balaban J connectivity index is 1.75. The summed E-state index contributed by atoms with van der Waals surface area (Å²) in [5, 5.41) is 1.06. The zero-order chi connectivity index (χ0) is 17.8. The fourth-order valence-electron chi connectivity index (χ4n) is 3.11. The Hall–Kier alpha value is -1.78. The van der Waals surface area contributed by atoms with Crippen LogP contribution in [0.1, 0.15) is 19.8 Å². The molecule has 1 aromatic carbocycles. The van der Waals surface area contributed by atoms with E-state index in [1.807, 2.05) is 25.3 Å². The van der Waals surface area contributed by atoms with Gasteiger partial charge in [-0.25, -0.2) is 0 Å². The van der Waals surface area contributed by atoms with Gasteiger partial charge in [-0.3, -0.25) is 9.78 Å². The van der Waals surface area contributed by atoms with E-state index in [0.717, 1.165) is 42.7 Å². The van der Waals surface area contributed by atoms with E-state index in [9.17, 15) is 4.79 Å². The average molecular weight is 379 g/mol. The number of pyridine rings is 1. The molecule has 2 heterocycles. The van der Waals surface area contributed by atoms with Crippen molar-refractivity contribution in [3.05, 3.63) is 46.7 Å². The monoisotopic (exact) mass is 378 g/mol. The van der Waals surface area contributed by atoms with E-state index in [4.69, 9.17) is 27.9 Å². The van der Waals surface area contributed by atoms with Gasteiger partial charge in [0, 0.05) is 30.4 Å². The molecule has 3 rings (SSSR count). The minimum Gasteiger partial charge on any atom is -0.466 e. The van der Waals surface area contributed by atoms with Crippen LogP contribution in [0.3, 0.4) is 0 Å². The first kappa shape index (κ1) is 18.0. The SMILES string of the molecule is CCOC(=O)C1CCN(c2cncc(-c3cccc(Cl)c3Cl)c2)CC1. The Morgan fingerprint density at radius 1 is 1.28 bits per heavy atom. The van der Waals surface area contributed by atoms with Crippen LogP contribution < -0.4 is 4.90 Å². The van der Waals surface area contributed by atoms with Crippen molar-refractivity contribution >= 4 is 34.9 Å². The molecule has 0 radical (unpaired) electrons. The minimum atomic E-state index is -0.0836. The molecule has 1 saturated heterocycles. The number of esters is 1. The first-order valence-electron chi connectivity index (χ1n) is 8.41. The highest BCUT2D eigenvalue weighted by molar-refractivity contribution is 6.43. The summed E-state index contributed by atoms with van der Waals surface area (Å²) in [6.45, 7) is 3.88. The third-order valence-electron chi connectivity index (χ3n) is 4.47. The maximum Gasteiger partial charge on any atom is 0.309 e. The Labute approximate surface area is 157 Å². The number of hydrogen-bond acceptors (Lipinski definition) is 4. The third kappa shape index (κ3) is 4.07. The predicted molar refractivity (Wildman–Crippen MR) is 101 cm³/mol. The quantitative estimate of drug-likeness (QED) is 0.714. The van der Waals surface area contributed by atoms with Crippen LogP contribution in [0.4, 0.5) is 5.69 Å². The zero-order valence-electron chi connectivity index (χ0n) is 14.0. The van der Waals surface area contributed by atoms with E-state index >= 15 is 0 Å². The molecule has 4 nitrogen and oxygen atoms in total. The molecule has 1 aromatic heterocycles. The molecular formula is C19H20Cl2N2O2. The highest BCUT2D eigenvalue weighted by atomic mass is 35.5. The van der Waals surface area contributed by atoms with E-state index in [0.29, 0.717) is 16.7 Å². The van der Waals surface area contributed by atoms with Crippen LogP contribution in [-0.4, -0.2) is 30.6 Å². The molecule has 132 valence electrons. The van der Waals surface area contributed by atoms with E-state index < -0.39 is 0 Å². The number of carbonyl (C=O) groups is 1. The van der Waals surface area contributed by atoms with E-state index in [-0.39, 0.29) is 11.9 Å². The maximum absolute atomic E-state index is 11.9. The average Bonchev–Trinajstić information content (AvgIpc) is 2.64. The van der Waals surface area contributed by atoms with Gasteiger partial charge in [-0.05, 0) is 31.9 Å². The summed E-state index contributed by atoms with van der Waals surface area (Å²) in [5.74, 6) is -0.0885. The second-order valence-electron chi connectivity index (χ2n) is 6.05. The fraction of sp³-hybridized carbons (Fsp3) is 0.368. The van der Waals surface area contributed by atoms with Crippen molar-refractivity contribution in [1.29, 1.82) is 0 Å². The maximum atomic E-state index is 11.9. The molecule has 1 fully saturated rings. The lowest BCUT2D eigenvalue weighted by molar-refractivity contribution is -0.148. The van der Waals surface area contributed by atoms with Gasteiger partial charge in [0.05, 0.1) is 34.5 Å². The first-order chi connectivity index (χ1) is 12.1. The van der Waals surface area contributed by atoms with Gasteiger partial charge in [-0.1, -0.05) is 35.3 Å². The smallest absolute Gasteiger partial charge is 0.309 e.